The van der Waals surface area contributed by atoms with Gasteiger partial charge in [-0.3, -0.25) is 4.79 Å². The van der Waals surface area contributed by atoms with Gasteiger partial charge in [-0.25, -0.2) is 0 Å². The van der Waals surface area contributed by atoms with Crippen LogP contribution in [0, 0.1) is 0 Å². The van der Waals surface area contributed by atoms with Gasteiger partial charge in [0.25, 0.3) is 5.91 Å². The molecule has 1 amide bonds. The second-order valence-corrected chi connectivity index (χ2v) is 5.06. The topological polar surface area (TPSA) is 78.3 Å². The van der Waals surface area contributed by atoms with Crippen molar-refractivity contribution in [2.24, 2.45) is 5.73 Å². The van der Waals surface area contributed by atoms with E-state index in [0.29, 0.717) is 17.4 Å². The number of rotatable bonds is 5. The summed E-state index contributed by atoms with van der Waals surface area (Å²) in [7, 11) is 0. The van der Waals surface area contributed by atoms with Gasteiger partial charge in [0.2, 0.25) is 0 Å². The van der Waals surface area contributed by atoms with Crippen LogP contribution in [0.25, 0.3) is 0 Å². The van der Waals surface area contributed by atoms with E-state index in [4.69, 9.17) is 16.2 Å². The Bertz CT molecular complexity index is 653. The van der Waals surface area contributed by atoms with Gasteiger partial charge in [0.15, 0.2) is 0 Å². The Morgan fingerprint density at radius 1 is 1.24 bits per heavy atom. The number of primary amides is 1. The first-order valence-electron chi connectivity index (χ1n) is 6.99. The minimum absolute atomic E-state index is 0.272. The van der Waals surface area contributed by atoms with Crippen LogP contribution in [0.1, 0.15) is 42.1 Å². The Hall–Kier alpha value is -2.49. The van der Waals surface area contributed by atoms with E-state index < -0.39 is 5.91 Å². The molecule has 0 fully saturated rings. The molecular weight excluding hydrogens is 264 g/mol. The van der Waals surface area contributed by atoms with Crippen molar-refractivity contribution in [2.75, 3.05) is 5.73 Å². The molecule has 110 valence electrons. The molecule has 0 aliphatic carbocycles. The molecule has 4 N–H and O–H groups in total. The van der Waals surface area contributed by atoms with Gasteiger partial charge < -0.3 is 16.2 Å². The number of amides is 1. The molecule has 4 nitrogen and oxygen atoms in total. The second kappa shape index (κ2) is 6.31. The van der Waals surface area contributed by atoms with Gasteiger partial charge in [0.05, 0.1) is 5.56 Å². The molecule has 2 rings (SSSR count). The largest absolute Gasteiger partial charge is 0.457 e. The van der Waals surface area contributed by atoms with Gasteiger partial charge >= 0.3 is 0 Å². The van der Waals surface area contributed by atoms with E-state index in [-0.39, 0.29) is 5.56 Å². The maximum Gasteiger partial charge on any atom is 0.250 e. The first-order chi connectivity index (χ1) is 10.0. The third kappa shape index (κ3) is 3.34. The second-order valence-electron chi connectivity index (χ2n) is 5.06. The lowest BCUT2D eigenvalue weighted by molar-refractivity contribution is 0.100. The van der Waals surface area contributed by atoms with Crippen molar-refractivity contribution in [3.05, 3.63) is 53.6 Å². The van der Waals surface area contributed by atoms with Gasteiger partial charge in [0, 0.05) is 5.69 Å². The van der Waals surface area contributed by atoms with Crippen LogP contribution < -0.4 is 16.2 Å². The summed E-state index contributed by atoms with van der Waals surface area (Å²) in [5, 5.41) is 0. The fraction of sp³-hybridized carbons (Fsp3) is 0.235. The SMILES string of the molecule is CCC(C)c1ccccc1Oc1ccc(N)c(C(N)=O)c1. The first-order valence-corrected chi connectivity index (χ1v) is 6.99. The first kappa shape index (κ1) is 14.9. The Morgan fingerprint density at radius 2 is 1.95 bits per heavy atom. The predicted octanol–water partition coefficient (Wildman–Crippen LogP) is 3.67. The van der Waals surface area contributed by atoms with Crippen molar-refractivity contribution in [1.29, 1.82) is 0 Å². The summed E-state index contributed by atoms with van der Waals surface area (Å²) in [6.07, 6.45) is 1.02. The van der Waals surface area contributed by atoms with Crippen LogP contribution in [0.4, 0.5) is 5.69 Å². The molecule has 2 aromatic carbocycles. The van der Waals surface area contributed by atoms with E-state index in [1.807, 2.05) is 18.2 Å². The van der Waals surface area contributed by atoms with Crippen molar-refractivity contribution < 1.29 is 9.53 Å². The van der Waals surface area contributed by atoms with Gasteiger partial charge in [-0.2, -0.15) is 0 Å². The minimum atomic E-state index is -0.562. The molecule has 0 aliphatic heterocycles. The number of nitrogen functional groups attached to an aromatic ring is 1. The summed E-state index contributed by atoms with van der Waals surface area (Å²) in [5.41, 5.74) is 12.8. The monoisotopic (exact) mass is 284 g/mol. The zero-order chi connectivity index (χ0) is 15.4. The standard InChI is InChI=1S/C17H20N2O2/c1-3-11(2)13-6-4-5-7-16(13)21-12-8-9-15(18)14(10-12)17(19)20/h4-11H,3,18H2,1-2H3,(H2,19,20). The molecule has 0 heterocycles. The van der Waals surface area contributed by atoms with Gasteiger partial charge in [-0.05, 0) is 42.2 Å². The molecule has 1 unspecified atom stereocenters. The number of anilines is 1. The van der Waals surface area contributed by atoms with E-state index >= 15 is 0 Å². The number of para-hydroxylation sites is 1. The summed E-state index contributed by atoms with van der Waals surface area (Å²) in [6, 6.07) is 12.8. The molecule has 0 saturated carbocycles. The molecule has 0 aromatic heterocycles. The number of benzene rings is 2. The molecule has 4 heteroatoms. The molecule has 0 saturated heterocycles. The van der Waals surface area contributed by atoms with E-state index in [9.17, 15) is 4.79 Å². The van der Waals surface area contributed by atoms with E-state index in [0.717, 1.165) is 17.7 Å². The van der Waals surface area contributed by atoms with E-state index in [1.165, 1.54) is 0 Å². The lowest BCUT2D eigenvalue weighted by Crippen LogP contribution is -2.13. The van der Waals surface area contributed by atoms with Gasteiger partial charge in [0.1, 0.15) is 11.5 Å². The Morgan fingerprint density at radius 3 is 2.62 bits per heavy atom. The number of ether oxygens (including phenoxy) is 1. The van der Waals surface area contributed by atoms with Crippen molar-refractivity contribution in [3.63, 3.8) is 0 Å². The summed E-state index contributed by atoms with van der Waals surface area (Å²) in [4.78, 5) is 11.3. The number of hydrogen-bond donors (Lipinski definition) is 2. The van der Waals surface area contributed by atoms with Crippen molar-refractivity contribution in [1.82, 2.24) is 0 Å². The molecule has 0 aliphatic rings. The quantitative estimate of drug-likeness (QED) is 0.822. The Labute approximate surface area is 124 Å². The predicted molar refractivity (Wildman–Crippen MR) is 84.6 cm³/mol. The molecule has 0 radical (unpaired) electrons. The zero-order valence-electron chi connectivity index (χ0n) is 12.3. The molecule has 0 bridgehead atoms. The number of hydrogen-bond acceptors (Lipinski definition) is 3. The van der Waals surface area contributed by atoms with Crippen LogP contribution in [-0.2, 0) is 0 Å². The maximum absolute atomic E-state index is 11.3. The highest BCUT2D eigenvalue weighted by Gasteiger charge is 2.12. The highest BCUT2D eigenvalue weighted by molar-refractivity contribution is 5.98. The molecule has 21 heavy (non-hydrogen) atoms. The summed E-state index contributed by atoms with van der Waals surface area (Å²) in [6.45, 7) is 4.29. The Balaban J connectivity index is 2.35. The van der Waals surface area contributed by atoms with Crippen LogP contribution in [-0.4, -0.2) is 5.91 Å². The van der Waals surface area contributed by atoms with Crippen LogP contribution in [0.15, 0.2) is 42.5 Å². The fourth-order valence-electron chi connectivity index (χ4n) is 2.14. The van der Waals surface area contributed by atoms with Gasteiger partial charge in [-0.1, -0.05) is 32.0 Å². The van der Waals surface area contributed by atoms with Crippen molar-refractivity contribution >= 4 is 11.6 Å². The lowest BCUT2D eigenvalue weighted by Gasteiger charge is -2.16. The van der Waals surface area contributed by atoms with Crippen molar-refractivity contribution in [3.8, 4) is 11.5 Å². The van der Waals surface area contributed by atoms with E-state index in [2.05, 4.69) is 19.9 Å². The maximum atomic E-state index is 11.3. The van der Waals surface area contributed by atoms with Crippen molar-refractivity contribution in [2.45, 2.75) is 26.2 Å². The molecular formula is C17H20N2O2. The summed E-state index contributed by atoms with van der Waals surface area (Å²) in [5.74, 6) is 1.17. The smallest absolute Gasteiger partial charge is 0.250 e. The Kier molecular flexibility index (Phi) is 4.48. The van der Waals surface area contributed by atoms with Gasteiger partial charge in [-0.15, -0.1) is 0 Å². The van der Waals surface area contributed by atoms with E-state index in [1.54, 1.807) is 18.2 Å². The molecule has 2 aromatic rings. The summed E-state index contributed by atoms with van der Waals surface area (Å²) < 4.78 is 5.91. The normalized spacial score (nSPS) is 11.9. The highest BCUT2D eigenvalue weighted by Crippen LogP contribution is 2.32. The minimum Gasteiger partial charge on any atom is -0.457 e. The molecule has 1 atom stereocenters. The third-order valence-corrected chi connectivity index (χ3v) is 3.58. The lowest BCUT2D eigenvalue weighted by atomic mass is 9.98. The molecule has 0 spiro atoms. The number of carbonyl (C=O) groups is 1. The average Bonchev–Trinajstić information content (AvgIpc) is 2.48. The van der Waals surface area contributed by atoms with Crippen LogP contribution >= 0.6 is 0 Å². The summed E-state index contributed by atoms with van der Waals surface area (Å²) >= 11 is 0. The van der Waals surface area contributed by atoms with Crippen LogP contribution in [0.2, 0.25) is 0 Å². The average molecular weight is 284 g/mol. The number of nitrogens with two attached hydrogens (primary N) is 2. The number of carbonyl (C=O) groups excluding carboxylic acids is 1. The van der Waals surface area contributed by atoms with Crippen LogP contribution in [0.3, 0.4) is 0 Å². The van der Waals surface area contributed by atoms with Crippen LogP contribution in [0.5, 0.6) is 11.5 Å². The fourth-order valence-corrected chi connectivity index (χ4v) is 2.14. The zero-order valence-corrected chi connectivity index (χ0v) is 12.3. The highest BCUT2D eigenvalue weighted by atomic mass is 16.5. The third-order valence-electron chi connectivity index (χ3n) is 3.58.